The van der Waals surface area contributed by atoms with Crippen molar-refractivity contribution in [2.45, 2.75) is 13.5 Å². The van der Waals surface area contributed by atoms with Crippen LogP contribution in [0.2, 0.25) is 5.02 Å². The molecule has 0 aliphatic heterocycles. The fourth-order valence-corrected chi connectivity index (χ4v) is 4.86. The molecule has 0 spiro atoms. The van der Waals surface area contributed by atoms with E-state index in [1.807, 2.05) is 55.6 Å². The van der Waals surface area contributed by atoms with E-state index in [0.717, 1.165) is 37.1 Å². The predicted octanol–water partition coefficient (Wildman–Crippen LogP) is 8.66. The molecule has 0 fully saturated rings. The molecule has 0 aromatic heterocycles. The Morgan fingerprint density at radius 2 is 1.63 bits per heavy atom. The lowest BCUT2D eigenvalue weighted by atomic mass is 10.1. The highest BCUT2D eigenvalue weighted by Crippen LogP contribution is 2.36. The normalized spacial score (nSPS) is 11.3. The van der Waals surface area contributed by atoms with Gasteiger partial charge in [0, 0.05) is 11.2 Å². The quantitative estimate of drug-likeness (QED) is 0.231. The molecule has 4 aromatic carbocycles. The minimum Gasteiger partial charge on any atom is -0.487 e. The van der Waals surface area contributed by atoms with Crippen molar-refractivity contribution < 1.29 is 4.74 Å². The standard InChI is InChI=1S/C25H18Br2ClNO/c1-16-23(28)10-5-11-24(16)29-14-17-12-21(26)25(22(27)13-17)30-15-19-8-4-7-18-6-2-3-9-20(18)19/h2-14H,15H2,1H3. The highest BCUT2D eigenvalue weighted by Gasteiger charge is 2.10. The minimum absolute atomic E-state index is 0.480. The molecule has 0 atom stereocenters. The van der Waals surface area contributed by atoms with Gasteiger partial charge in [0.05, 0.1) is 14.6 Å². The fourth-order valence-electron chi connectivity index (χ4n) is 3.24. The number of hydrogen-bond acceptors (Lipinski definition) is 2. The van der Waals surface area contributed by atoms with Gasteiger partial charge in [-0.25, -0.2) is 0 Å². The number of rotatable bonds is 5. The van der Waals surface area contributed by atoms with Crippen molar-refractivity contribution in [1.82, 2.24) is 0 Å². The summed E-state index contributed by atoms with van der Waals surface area (Å²) in [7, 11) is 0. The number of benzene rings is 4. The summed E-state index contributed by atoms with van der Waals surface area (Å²) in [5.41, 5.74) is 3.91. The first-order chi connectivity index (χ1) is 14.5. The summed E-state index contributed by atoms with van der Waals surface area (Å²) in [5.74, 6) is 0.763. The molecule has 0 heterocycles. The fraction of sp³-hybridized carbons (Fsp3) is 0.0800. The van der Waals surface area contributed by atoms with Crippen molar-refractivity contribution in [1.29, 1.82) is 0 Å². The summed E-state index contributed by atoms with van der Waals surface area (Å²) in [5, 5.41) is 3.12. The zero-order valence-corrected chi connectivity index (χ0v) is 20.1. The van der Waals surface area contributed by atoms with Crippen molar-refractivity contribution in [2.24, 2.45) is 4.99 Å². The summed E-state index contributed by atoms with van der Waals surface area (Å²) in [6.45, 7) is 2.44. The van der Waals surface area contributed by atoms with Crippen LogP contribution in [-0.2, 0) is 6.61 Å². The van der Waals surface area contributed by atoms with Crippen molar-refractivity contribution in [2.75, 3.05) is 0 Å². The van der Waals surface area contributed by atoms with E-state index in [0.29, 0.717) is 11.6 Å². The number of halogens is 3. The van der Waals surface area contributed by atoms with Crippen molar-refractivity contribution in [3.05, 3.63) is 103 Å². The lowest BCUT2D eigenvalue weighted by Gasteiger charge is -2.13. The lowest BCUT2D eigenvalue weighted by molar-refractivity contribution is 0.303. The summed E-state index contributed by atoms with van der Waals surface area (Å²) < 4.78 is 7.88. The SMILES string of the molecule is Cc1c(Cl)cccc1N=Cc1cc(Br)c(OCc2cccc3ccccc23)c(Br)c1. The van der Waals surface area contributed by atoms with Gasteiger partial charge < -0.3 is 4.74 Å². The molecule has 0 unspecified atom stereocenters. The minimum atomic E-state index is 0.480. The molecular formula is C25H18Br2ClNO. The van der Waals surface area contributed by atoms with Crippen LogP contribution in [0.4, 0.5) is 5.69 Å². The Labute approximate surface area is 197 Å². The maximum Gasteiger partial charge on any atom is 0.148 e. The van der Waals surface area contributed by atoms with Gasteiger partial charge in [0.25, 0.3) is 0 Å². The number of fused-ring (bicyclic) bond motifs is 1. The molecule has 150 valence electrons. The second-order valence-electron chi connectivity index (χ2n) is 6.88. The Hall–Kier alpha value is -2.14. The average molecular weight is 544 g/mol. The van der Waals surface area contributed by atoms with E-state index in [-0.39, 0.29) is 0 Å². The van der Waals surface area contributed by atoms with Crippen molar-refractivity contribution in [3.8, 4) is 5.75 Å². The first kappa shape index (κ1) is 21.1. The van der Waals surface area contributed by atoms with Gasteiger partial charge in [-0.3, -0.25) is 4.99 Å². The Bertz CT molecular complexity index is 1220. The zero-order valence-electron chi connectivity index (χ0n) is 16.2. The zero-order chi connectivity index (χ0) is 21.1. The first-order valence-corrected chi connectivity index (χ1v) is 11.4. The molecule has 0 aliphatic rings. The predicted molar refractivity (Wildman–Crippen MR) is 134 cm³/mol. The average Bonchev–Trinajstić information content (AvgIpc) is 2.74. The van der Waals surface area contributed by atoms with Crippen LogP contribution < -0.4 is 4.74 Å². The van der Waals surface area contributed by atoms with Crippen LogP contribution in [0.15, 0.2) is 86.7 Å². The molecule has 0 aliphatic carbocycles. The van der Waals surface area contributed by atoms with Gasteiger partial charge in [-0.2, -0.15) is 0 Å². The molecular weight excluding hydrogens is 526 g/mol. The second kappa shape index (κ2) is 9.34. The smallest absolute Gasteiger partial charge is 0.148 e. The van der Waals surface area contributed by atoms with E-state index in [9.17, 15) is 0 Å². The largest absolute Gasteiger partial charge is 0.487 e. The molecule has 4 rings (SSSR count). The molecule has 0 saturated carbocycles. The maximum absolute atomic E-state index is 6.18. The van der Waals surface area contributed by atoms with E-state index >= 15 is 0 Å². The molecule has 0 N–H and O–H groups in total. The van der Waals surface area contributed by atoms with Crippen LogP contribution in [0, 0.1) is 6.92 Å². The Kier molecular flexibility index (Phi) is 6.57. The third-order valence-corrected chi connectivity index (χ3v) is 6.45. The van der Waals surface area contributed by atoms with E-state index in [4.69, 9.17) is 16.3 Å². The third-order valence-electron chi connectivity index (χ3n) is 4.86. The van der Waals surface area contributed by atoms with E-state index in [1.54, 1.807) is 0 Å². The van der Waals surface area contributed by atoms with E-state index in [1.165, 1.54) is 10.8 Å². The maximum atomic E-state index is 6.18. The number of nitrogens with zero attached hydrogens (tertiary/aromatic N) is 1. The van der Waals surface area contributed by atoms with Gasteiger partial charge in [-0.1, -0.05) is 60.1 Å². The number of hydrogen-bond donors (Lipinski definition) is 0. The van der Waals surface area contributed by atoms with Gasteiger partial charge in [-0.05, 0) is 90.5 Å². The van der Waals surface area contributed by atoms with Gasteiger partial charge in [0.2, 0.25) is 0 Å². The van der Waals surface area contributed by atoms with Crippen LogP contribution in [0.1, 0.15) is 16.7 Å². The molecule has 30 heavy (non-hydrogen) atoms. The lowest BCUT2D eigenvalue weighted by Crippen LogP contribution is -1.98. The Morgan fingerprint density at radius 3 is 2.43 bits per heavy atom. The molecule has 0 radical (unpaired) electrons. The topological polar surface area (TPSA) is 21.6 Å². The van der Waals surface area contributed by atoms with Gasteiger partial charge >= 0.3 is 0 Å². The number of ether oxygens (including phenoxy) is 1. The van der Waals surface area contributed by atoms with Crippen molar-refractivity contribution in [3.63, 3.8) is 0 Å². The first-order valence-electron chi connectivity index (χ1n) is 9.40. The van der Waals surface area contributed by atoms with Gasteiger partial charge in [0.15, 0.2) is 0 Å². The number of aliphatic imine (C=N–C) groups is 1. The molecule has 5 heteroatoms. The van der Waals surface area contributed by atoms with E-state index in [2.05, 4.69) is 67.2 Å². The van der Waals surface area contributed by atoms with Crippen LogP contribution in [-0.4, -0.2) is 6.21 Å². The summed E-state index contributed by atoms with van der Waals surface area (Å²) >= 11 is 13.5. The highest BCUT2D eigenvalue weighted by atomic mass is 79.9. The highest BCUT2D eigenvalue weighted by molar-refractivity contribution is 9.11. The van der Waals surface area contributed by atoms with Crippen LogP contribution >= 0.6 is 43.5 Å². The molecule has 2 nitrogen and oxygen atoms in total. The van der Waals surface area contributed by atoms with Gasteiger partial charge in [-0.15, -0.1) is 0 Å². The van der Waals surface area contributed by atoms with Crippen LogP contribution in [0.3, 0.4) is 0 Å². The molecule has 0 saturated heterocycles. The van der Waals surface area contributed by atoms with E-state index < -0.39 is 0 Å². The van der Waals surface area contributed by atoms with Crippen molar-refractivity contribution >= 4 is 66.1 Å². The Morgan fingerprint density at radius 1 is 0.933 bits per heavy atom. The molecule has 0 amide bonds. The summed E-state index contributed by atoms with van der Waals surface area (Å²) in [6.07, 6.45) is 1.82. The monoisotopic (exact) mass is 541 g/mol. The molecule has 0 bridgehead atoms. The Balaban J connectivity index is 1.55. The molecule has 4 aromatic rings. The van der Waals surface area contributed by atoms with Crippen LogP contribution in [0.5, 0.6) is 5.75 Å². The third kappa shape index (κ3) is 4.61. The second-order valence-corrected chi connectivity index (χ2v) is 9.00. The van der Waals surface area contributed by atoms with Crippen LogP contribution in [0.25, 0.3) is 10.8 Å². The van der Waals surface area contributed by atoms with Gasteiger partial charge in [0.1, 0.15) is 12.4 Å². The summed E-state index contributed by atoms with van der Waals surface area (Å²) in [6, 6.07) is 24.3. The summed E-state index contributed by atoms with van der Waals surface area (Å²) in [4.78, 5) is 4.58.